The Labute approximate surface area is 193 Å². The maximum Gasteiger partial charge on any atom is 0.306 e. The van der Waals surface area contributed by atoms with E-state index < -0.39 is 58.5 Å². The zero-order valence-corrected chi connectivity index (χ0v) is 19.8. The van der Waals surface area contributed by atoms with Crippen LogP contribution >= 0.6 is 0 Å². The van der Waals surface area contributed by atoms with Gasteiger partial charge in [-0.15, -0.1) is 0 Å². The molecule has 1 N–H and O–H groups in total. The summed E-state index contributed by atoms with van der Waals surface area (Å²) in [6.45, 7) is 6.14. The molecule has 0 spiro atoms. The lowest BCUT2D eigenvalue weighted by Gasteiger charge is -2.59. The summed E-state index contributed by atoms with van der Waals surface area (Å²) in [6, 6.07) is 0. The van der Waals surface area contributed by atoms with Crippen LogP contribution in [0.4, 0.5) is 8.78 Å². The van der Waals surface area contributed by atoms with Gasteiger partial charge in [0.05, 0.1) is 6.10 Å². The topological polar surface area (TPSA) is 80.7 Å². The van der Waals surface area contributed by atoms with E-state index in [0.29, 0.717) is 31.3 Å². The fourth-order valence-electron chi connectivity index (χ4n) is 8.13. The Hall–Kier alpha value is -1.89. The van der Waals surface area contributed by atoms with Crippen LogP contribution in [0.5, 0.6) is 0 Å². The van der Waals surface area contributed by atoms with E-state index in [0.717, 1.165) is 0 Å². The number of aliphatic hydroxyl groups is 1. The van der Waals surface area contributed by atoms with Gasteiger partial charge in [0.2, 0.25) is 11.6 Å². The predicted octanol–water partition coefficient (Wildman–Crippen LogP) is 4.43. The summed E-state index contributed by atoms with van der Waals surface area (Å²) in [4.78, 5) is 37.7. The molecule has 3 fully saturated rings. The lowest BCUT2D eigenvalue weighted by Crippen LogP contribution is -2.64. The molecule has 0 aromatic rings. The van der Waals surface area contributed by atoms with Crippen molar-refractivity contribution in [2.75, 3.05) is 6.67 Å². The van der Waals surface area contributed by atoms with Gasteiger partial charge in [0.1, 0.15) is 0 Å². The number of Topliss-reactive ketones (excluding diaryl/α,β-unsaturated/α-hetero) is 1. The molecule has 0 saturated heterocycles. The van der Waals surface area contributed by atoms with Crippen LogP contribution in [0.25, 0.3) is 0 Å². The van der Waals surface area contributed by atoms with Gasteiger partial charge in [-0.25, -0.2) is 8.78 Å². The lowest BCUT2D eigenvalue weighted by atomic mass is 9.46. The SMILES string of the molecule is CCCC(=O)O[C@]1(C(=O)CF)[C@@H](C)C[C@H]2[C@@H]3CCC4=C(F)C(=O)C=C[C@]4(C)[C@H]3[C@@H](O)C[C@@]21C. The number of esters is 1. The largest absolute Gasteiger partial charge is 0.450 e. The third-order valence-electron chi connectivity index (χ3n) is 9.39. The number of alkyl halides is 1. The zero-order chi connectivity index (χ0) is 24.3. The molecule has 33 heavy (non-hydrogen) atoms. The van der Waals surface area contributed by atoms with Crippen LogP contribution < -0.4 is 0 Å². The maximum absolute atomic E-state index is 14.8. The minimum absolute atomic E-state index is 0.0836. The summed E-state index contributed by atoms with van der Waals surface area (Å²) >= 11 is 0. The van der Waals surface area contributed by atoms with Gasteiger partial charge in [0, 0.05) is 29.1 Å². The minimum Gasteiger partial charge on any atom is -0.450 e. The molecule has 3 saturated carbocycles. The Morgan fingerprint density at radius 2 is 2.00 bits per heavy atom. The number of hydrogen-bond acceptors (Lipinski definition) is 5. The molecule has 0 heterocycles. The Morgan fingerprint density at radius 3 is 2.64 bits per heavy atom. The van der Waals surface area contributed by atoms with Crippen molar-refractivity contribution in [1.82, 2.24) is 0 Å². The van der Waals surface area contributed by atoms with Gasteiger partial charge in [-0.3, -0.25) is 14.4 Å². The van der Waals surface area contributed by atoms with E-state index in [2.05, 4.69) is 0 Å². The van der Waals surface area contributed by atoms with E-state index >= 15 is 0 Å². The van der Waals surface area contributed by atoms with Crippen LogP contribution in [0.3, 0.4) is 0 Å². The Bertz CT molecular complexity index is 941. The second-order valence-electron chi connectivity index (χ2n) is 10.9. The van der Waals surface area contributed by atoms with Crippen molar-refractivity contribution < 1.29 is 33.0 Å². The number of allylic oxidation sites excluding steroid dienone is 4. The molecule has 0 aliphatic heterocycles. The van der Waals surface area contributed by atoms with E-state index in [4.69, 9.17) is 4.74 Å². The highest BCUT2D eigenvalue weighted by atomic mass is 19.1. The van der Waals surface area contributed by atoms with Gasteiger partial charge in [0.15, 0.2) is 18.1 Å². The number of aliphatic hydroxyl groups excluding tert-OH is 1. The first-order valence-corrected chi connectivity index (χ1v) is 12.1. The molecule has 4 rings (SSSR count). The molecule has 182 valence electrons. The van der Waals surface area contributed by atoms with Crippen LogP contribution in [-0.4, -0.2) is 41.0 Å². The number of ketones is 2. The third kappa shape index (κ3) is 3.14. The number of carbonyl (C=O) groups excluding carboxylic acids is 3. The lowest BCUT2D eigenvalue weighted by molar-refractivity contribution is -0.204. The summed E-state index contributed by atoms with van der Waals surface area (Å²) in [5, 5.41) is 11.5. The molecule has 0 radical (unpaired) electrons. The fraction of sp³-hybridized carbons (Fsp3) is 0.731. The summed E-state index contributed by atoms with van der Waals surface area (Å²) in [7, 11) is 0. The second-order valence-corrected chi connectivity index (χ2v) is 10.9. The third-order valence-corrected chi connectivity index (χ3v) is 9.39. The average molecular weight is 465 g/mol. The highest BCUT2D eigenvalue weighted by Crippen LogP contribution is 2.69. The Morgan fingerprint density at radius 1 is 1.30 bits per heavy atom. The molecule has 7 heteroatoms. The van der Waals surface area contributed by atoms with Crippen molar-refractivity contribution >= 4 is 17.5 Å². The van der Waals surface area contributed by atoms with Crippen LogP contribution in [0.2, 0.25) is 0 Å². The zero-order valence-electron chi connectivity index (χ0n) is 19.8. The van der Waals surface area contributed by atoms with Crippen molar-refractivity contribution in [2.45, 2.75) is 77.9 Å². The summed E-state index contributed by atoms with van der Waals surface area (Å²) in [5.41, 5.74) is -2.95. The molecular weight excluding hydrogens is 430 g/mol. The van der Waals surface area contributed by atoms with Crippen molar-refractivity contribution in [1.29, 1.82) is 0 Å². The molecule has 5 nitrogen and oxygen atoms in total. The molecule has 0 aromatic heterocycles. The smallest absolute Gasteiger partial charge is 0.306 e. The van der Waals surface area contributed by atoms with Crippen LogP contribution in [0.1, 0.15) is 66.2 Å². The predicted molar refractivity (Wildman–Crippen MR) is 117 cm³/mol. The number of carbonyl (C=O) groups is 3. The molecule has 0 unspecified atom stereocenters. The van der Waals surface area contributed by atoms with Crippen molar-refractivity contribution in [2.24, 2.45) is 34.5 Å². The highest BCUT2D eigenvalue weighted by Gasteiger charge is 2.73. The van der Waals surface area contributed by atoms with Crippen molar-refractivity contribution in [3.8, 4) is 0 Å². The number of halogens is 2. The van der Waals surface area contributed by atoms with Crippen LogP contribution in [0.15, 0.2) is 23.6 Å². The van der Waals surface area contributed by atoms with Crippen molar-refractivity contribution in [3.05, 3.63) is 23.6 Å². The molecule has 0 bridgehead atoms. The summed E-state index contributed by atoms with van der Waals surface area (Å²) in [5.74, 6) is -3.59. The summed E-state index contributed by atoms with van der Waals surface area (Å²) < 4.78 is 34.6. The normalized spacial score (nSPS) is 44.2. The van der Waals surface area contributed by atoms with E-state index in [1.54, 1.807) is 6.08 Å². The van der Waals surface area contributed by atoms with Gasteiger partial charge in [-0.2, -0.15) is 0 Å². The number of ether oxygens (including phenoxy) is 1. The van der Waals surface area contributed by atoms with Crippen LogP contribution in [-0.2, 0) is 19.1 Å². The van der Waals surface area contributed by atoms with Gasteiger partial charge in [0.25, 0.3) is 0 Å². The van der Waals surface area contributed by atoms with E-state index in [9.17, 15) is 28.3 Å². The maximum atomic E-state index is 14.8. The molecule has 8 atom stereocenters. The van der Waals surface area contributed by atoms with Gasteiger partial charge in [-0.05, 0) is 55.6 Å². The van der Waals surface area contributed by atoms with Gasteiger partial charge in [-0.1, -0.05) is 33.8 Å². The van der Waals surface area contributed by atoms with Gasteiger partial charge < -0.3 is 9.84 Å². The standard InChI is InChI=1S/C26H34F2O5/c1-5-6-21(32)33-26(20(31)13-27)14(2)11-17-15-7-8-16-23(28)18(29)9-10-24(16,3)22(15)19(30)12-25(17,26)4/h9-10,14-15,17,19,22,30H,5-8,11-13H2,1-4H3/t14-,15-,17-,19-,22+,24-,25-,26-/m0/s1. The van der Waals surface area contributed by atoms with Crippen LogP contribution in [0, 0.1) is 34.5 Å². The summed E-state index contributed by atoms with van der Waals surface area (Å²) in [6.07, 6.45) is 4.35. The molecular formula is C26H34F2O5. The molecule has 4 aliphatic rings. The van der Waals surface area contributed by atoms with E-state index in [1.807, 2.05) is 27.7 Å². The molecule has 0 aromatic carbocycles. The first kappa shape index (κ1) is 24.2. The highest BCUT2D eigenvalue weighted by molar-refractivity contribution is 6.04. The Kier molecular flexibility index (Phi) is 5.95. The van der Waals surface area contributed by atoms with E-state index in [1.165, 1.54) is 6.08 Å². The second kappa shape index (κ2) is 8.10. The number of hydrogen-bond donors (Lipinski definition) is 1. The first-order chi connectivity index (χ1) is 15.5. The monoisotopic (exact) mass is 464 g/mol. The quantitative estimate of drug-likeness (QED) is 0.609. The Balaban J connectivity index is 1.79. The van der Waals surface area contributed by atoms with E-state index in [-0.39, 0.29) is 30.6 Å². The number of rotatable bonds is 5. The molecule has 4 aliphatic carbocycles. The van der Waals surface area contributed by atoms with Gasteiger partial charge >= 0.3 is 5.97 Å². The first-order valence-electron chi connectivity index (χ1n) is 12.1. The van der Waals surface area contributed by atoms with Crippen molar-refractivity contribution in [3.63, 3.8) is 0 Å². The fourth-order valence-corrected chi connectivity index (χ4v) is 8.13. The average Bonchev–Trinajstić information content (AvgIpc) is 2.97. The molecule has 0 amide bonds. The minimum atomic E-state index is -1.63. The number of fused-ring (bicyclic) bond motifs is 5.